The maximum Gasteiger partial charge on any atom is 0.416 e. The second-order valence-corrected chi connectivity index (χ2v) is 7.41. The number of allylic oxidation sites excluding steroid dienone is 2. The number of anilines is 1. The Morgan fingerprint density at radius 1 is 1.16 bits per heavy atom. The van der Waals surface area contributed by atoms with Crippen LogP contribution < -0.4 is 15.4 Å². The fourth-order valence-corrected chi connectivity index (χ4v) is 3.47. The van der Waals surface area contributed by atoms with Gasteiger partial charge in [-0.05, 0) is 54.7 Å². The van der Waals surface area contributed by atoms with Crippen LogP contribution in [0.2, 0.25) is 0 Å². The summed E-state index contributed by atoms with van der Waals surface area (Å²) >= 11 is 0. The highest BCUT2D eigenvalue weighted by Gasteiger charge is 2.30. The van der Waals surface area contributed by atoms with Crippen molar-refractivity contribution in [3.63, 3.8) is 0 Å². The first-order valence-corrected chi connectivity index (χ1v) is 10.1. The molecule has 0 bridgehead atoms. The van der Waals surface area contributed by atoms with Crippen LogP contribution in [0.1, 0.15) is 24.0 Å². The Morgan fingerprint density at radius 3 is 2.44 bits per heavy atom. The minimum absolute atomic E-state index is 0.0334. The number of methoxy groups -OCH3 is 1. The van der Waals surface area contributed by atoms with Crippen molar-refractivity contribution in [3.05, 3.63) is 83.2 Å². The number of alkyl halides is 3. The van der Waals surface area contributed by atoms with E-state index in [0.29, 0.717) is 11.1 Å². The van der Waals surface area contributed by atoms with Crippen LogP contribution in [0.15, 0.2) is 66.3 Å². The highest BCUT2D eigenvalue weighted by molar-refractivity contribution is 5.99. The van der Waals surface area contributed by atoms with Gasteiger partial charge in [-0.1, -0.05) is 30.4 Å². The molecule has 0 heterocycles. The molecule has 2 aromatic carbocycles. The third-order valence-corrected chi connectivity index (χ3v) is 5.27. The standard InChI is InChI=1S/C24H24F4N2O2/c1-32-21-12-11-19(15-20(21)25)30(23(31)22(29)17-5-3-2-4-6-17)14-13-16-7-9-18(10-8-16)24(26,27)28/h3,5-12,15,22H,2,4,13-14,29H2,1H3. The number of benzene rings is 2. The van der Waals surface area contributed by atoms with Gasteiger partial charge in [0, 0.05) is 18.3 Å². The van der Waals surface area contributed by atoms with Gasteiger partial charge in [0.05, 0.1) is 12.7 Å². The minimum Gasteiger partial charge on any atom is -0.494 e. The summed E-state index contributed by atoms with van der Waals surface area (Å²) in [5.41, 5.74) is 7.03. The first kappa shape index (κ1) is 23.5. The normalized spacial score (nSPS) is 14.6. The van der Waals surface area contributed by atoms with Crippen LogP contribution in [-0.4, -0.2) is 25.6 Å². The zero-order valence-corrected chi connectivity index (χ0v) is 17.5. The lowest BCUT2D eigenvalue weighted by molar-refractivity contribution is -0.137. The minimum atomic E-state index is -4.42. The van der Waals surface area contributed by atoms with Gasteiger partial charge >= 0.3 is 6.18 Å². The largest absolute Gasteiger partial charge is 0.494 e. The average Bonchev–Trinajstić information content (AvgIpc) is 2.79. The molecule has 170 valence electrons. The van der Waals surface area contributed by atoms with Gasteiger partial charge in [-0.25, -0.2) is 4.39 Å². The van der Waals surface area contributed by atoms with Crippen LogP contribution in [0.3, 0.4) is 0 Å². The van der Waals surface area contributed by atoms with E-state index >= 15 is 0 Å². The number of halogens is 4. The average molecular weight is 448 g/mol. The lowest BCUT2D eigenvalue weighted by atomic mass is 9.99. The van der Waals surface area contributed by atoms with Gasteiger partial charge in [0.15, 0.2) is 11.6 Å². The van der Waals surface area contributed by atoms with E-state index in [0.717, 1.165) is 25.0 Å². The highest BCUT2D eigenvalue weighted by Crippen LogP contribution is 2.29. The molecule has 1 unspecified atom stereocenters. The number of carbonyl (C=O) groups excluding carboxylic acids is 1. The maximum absolute atomic E-state index is 14.3. The van der Waals surface area contributed by atoms with Crippen molar-refractivity contribution in [2.24, 2.45) is 5.73 Å². The zero-order valence-electron chi connectivity index (χ0n) is 17.5. The summed E-state index contributed by atoms with van der Waals surface area (Å²) in [6.45, 7) is 0.112. The van der Waals surface area contributed by atoms with Crippen molar-refractivity contribution in [1.29, 1.82) is 0 Å². The number of hydrogen-bond donors (Lipinski definition) is 1. The molecule has 0 radical (unpaired) electrons. The molecule has 4 nitrogen and oxygen atoms in total. The molecule has 3 rings (SSSR count). The van der Waals surface area contributed by atoms with Crippen LogP contribution in [0.25, 0.3) is 0 Å². The van der Waals surface area contributed by atoms with Crippen LogP contribution in [0.4, 0.5) is 23.2 Å². The second-order valence-electron chi connectivity index (χ2n) is 7.41. The molecular weight excluding hydrogens is 424 g/mol. The molecule has 8 heteroatoms. The predicted octanol–water partition coefficient (Wildman–Crippen LogP) is 5.03. The summed E-state index contributed by atoms with van der Waals surface area (Å²) in [6, 6.07) is 7.93. The summed E-state index contributed by atoms with van der Waals surface area (Å²) in [4.78, 5) is 14.6. The Kier molecular flexibility index (Phi) is 7.35. The quantitative estimate of drug-likeness (QED) is 0.605. The van der Waals surface area contributed by atoms with Crippen molar-refractivity contribution >= 4 is 11.6 Å². The van der Waals surface area contributed by atoms with E-state index < -0.39 is 29.5 Å². The van der Waals surface area contributed by atoms with Crippen molar-refractivity contribution in [2.45, 2.75) is 31.5 Å². The van der Waals surface area contributed by atoms with Crippen molar-refractivity contribution in [1.82, 2.24) is 0 Å². The topological polar surface area (TPSA) is 55.6 Å². The highest BCUT2D eigenvalue weighted by atomic mass is 19.4. The van der Waals surface area contributed by atoms with E-state index in [1.807, 2.05) is 12.2 Å². The molecule has 1 atom stereocenters. The first-order chi connectivity index (χ1) is 15.2. The molecule has 2 N–H and O–H groups in total. The van der Waals surface area contributed by atoms with Crippen LogP contribution >= 0.6 is 0 Å². The number of ether oxygens (including phenoxy) is 1. The third-order valence-electron chi connectivity index (χ3n) is 5.27. The third kappa shape index (κ3) is 5.56. The van der Waals surface area contributed by atoms with Gasteiger partial charge in [0.1, 0.15) is 6.04 Å². The summed E-state index contributed by atoms with van der Waals surface area (Å²) in [7, 11) is 1.34. The number of rotatable bonds is 7. The molecular formula is C24H24F4N2O2. The van der Waals surface area contributed by atoms with Crippen molar-refractivity contribution < 1.29 is 27.1 Å². The van der Waals surface area contributed by atoms with Gasteiger partial charge < -0.3 is 15.4 Å². The van der Waals surface area contributed by atoms with E-state index in [1.54, 1.807) is 12.1 Å². The van der Waals surface area contributed by atoms with E-state index in [1.165, 1.54) is 36.3 Å². The molecule has 32 heavy (non-hydrogen) atoms. The smallest absolute Gasteiger partial charge is 0.416 e. The number of nitrogens with zero attached hydrogens (tertiary/aromatic N) is 1. The van der Waals surface area contributed by atoms with Crippen molar-refractivity contribution in [3.8, 4) is 5.75 Å². The van der Waals surface area contributed by atoms with Crippen LogP contribution in [0.5, 0.6) is 5.75 Å². The van der Waals surface area contributed by atoms with E-state index in [2.05, 4.69) is 0 Å². The van der Waals surface area contributed by atoms with E-state index in [-0.39, 0.29) is 24.4 Å². The van der Waals surface area contributed by atoms with Gasteiger partial charge in [-0.2, -0.15) is 13.2 Å². The van der Waals surface area contributed by atoms with Crippen LogP contribution in [0, 0.1) is 5.82 Å². The Balaban J connectivity index is 1.84. The number of hydrogen-bond acceptors (Lipinski definition) is 3. The van der Waals surface area contributed by atoms with Gasteiger partial charge in [-0.3, -0.25) is 4.79 Å². The van der Waals surface area contributed by atoms with Crippen molar-refractivity contribution in [2.75, 3.05) is 18.6 Å². The molecule has 0 saturated carbocycles. The fourth-order valence-electron chi connectivity index (χ4n) is 3.47. The fraction of sp³-hybridized carbons (Fsp3) is 0.292. The summed E-state index contributed by atoms with van der Waals surface area (Å²) in [5, 5.41) is 0. The predicted molar refractivity (Wildman–Crippen MR) is 115 cm³/mol. The molecule has 1 amide bonds. The molecule has 1 aliphatic carbocycles. The molecule has 0 spiro atoms. The van der Waals surface area contributed by atoms with E-state index in [9.17, 15) is 22.4 Å². The van der Waals surface area contributed by atoms with E-state index in [4.69, 9.17) is 10.5 Å². The number of nitrogens with two attached hydrogens (primary N) is 1. The molecule has 0 aromatic heterocycles. The molecule has 1 aliphatic rings. The summed E-state index contributed by atoms with van der Waals surface area (Å²) < 4.78 is 57.7. The Hall–Kier alpha value is -3.13. The molecule has 0 saturated heterocycles. The molecule has 0 fully saturated rings. The molecule has 0 aliphatic heterocycles. The molecule has 2 aromatic rings. The lowest BCUT2D eigenvalue weighted by Gasteiger charge is -2.27. The summed E-state index contributed by atoms with van der Waals surface area (Å²) in [6.07, 6.45) is 3.11. The Morgan fingerprint density at radius 2 is 1.88 bits per heavy atom. The monoisotopic (exact) mass is 448 g/mol. The number of carbonyl (C=O) groups is 1. The van der Waals surface area contributed by atoms with Gasteiger partial charge in [0.2, 0.25) is 5.91 Å². The lowest BCUT2D eigenvalue weighted by Crippen LogP contribution is -2.45. The van der Waals surface area contributed by atoms with Gasteiger partial charge in [-0.15, -0.1) is 0 Å². The zero-order chi connectivity index (χ0) is 23.3. The van der Waals surface area contributed by atoms with Gasteiger partial charge in [0.25, 0.3) is 0 Å². The first-order valence-electron chi connectivity index (χ1n) is 10.1. The Bertz CT molecular complexity index is 1010. The Labute approximate surface area is 184 Å². The van der Waals surface area contributed by atoms with Crippen LogP contribution in [-0.2, 0) is 17.4 Å². The number of amides is 1. The SMILES string of the molecule is COc1ccc(N(CCc2ccc(C(F)(F)F)cc2)C(=O)C(N)C2=CCCC=C2)cc1F. The second kappa shape index (κ2) is 9.99. The maximum atomic E-state index is 14.3. The summed E-state index contributed by atoms with van der Waals surface area (Å²) in [5.74, 6) is -1.03.